The standard InChI is InChI=1S/C31H46ClN4O9P/c1-30(2,3)27(37)41-17-43-46(39,44-18-42-28(38)31(4,5)6)19-40-16-22-10-11-24(45-22)36-13-12-23-25(33-29(32)34-26(23)36)35-14-20-8-7-9-21(20)15-35/h12-13,20-22,24H,7-11,14-19H2,1-6H3/t20?,21?,22-,24+/m0/s1. The lowest BCUT2D eigenvalue weighted by Gasteiger charge is -2.22. The summed E-state index contributed by atoms with van der Waals surface area (Å²) in [7, 11) is -3.99. The van der Waals surface area contributed by atoms with Crippen LogP contribution in [-0.2, 0) is 42.1 Å². The normalized spacial score (nSPS) is 23.7. The second kappa shape index (κ2) is 14.1. The molecule has 2 unspecified atom stereocenters. The quantitative estimate of drug-likeness (QED) is 0.107. The fourth-order valence-electron chi connectivity index (χ4n) is 6.05. The molecule has 0 spiro atoms. The lowest BCUT2D eigenvalue weighted by molar-refractivity contribution is -0.162. The summed E-state index contributed by atoms with van der Waals surface area (Å²) in [6.45, 7) is 11.0. The van der Waals surface area contributed by atoms with E-state index in [4.69, 9.17) is 39.6 Å². The van der Waals surface area contributed by atoms with Crippen molar-refractivity contribution < 1.29 is 42.1 Å². The maximum atomic E-state index is 13.5. The summed E-state index contributed by atoms with van der Waals surface area (Å²) in [6.07, 6.45) is 6.13. The molecule has 1 saturated carbocycles. The first-order valence-electron chi connectivity index (χ1n) is 15.9. The van der Waals surface area contributed by atoms with Crippen LogP contribution in [0.15, 0.2) is 12.3 Å². The number of carbonyl (C=O) groups is 2. The molecule has 3 fully saturated rings. The van der Waals surface area contributed by atoms with Crippen LogP contribution >= 0.6 is 19.2 Å². The number of nitrogens with zero attached hydrogens (tertiary/aromatic N) is 4. The molecule has 15 heteroatoms. The van der Waals surface area contributed by atoms with Crippen LogP contribution in [0.5, 0.6) is 0 Å². The molecule has 5 rings (SSSR count). The number of carbonyl (C=O) groups excluding carboxylic acids is 2. The van der Waals surface area contributed by atoms with Crippen LogP contribution in [-0.4, -0.2) is 72.2 Å². The van der Waals surface area contributed by atoms with E-state index in [9.17, 15) is 14.2 Å². The fourth-order valence-corrected chi connectivity index (χ4v) is 7.19. The fraction of sp³-hybridized carbons (Fsp3) is 0.742. The van der Waals surface area contributed by atoms with Gasteiger partial charge in [-0.1, -0.05) is 6.42 Å². The summed E-state index contributed by atoms with van der Waals surface area (Å²) < 4.78 is 48.4. The highest BCUT2D eigenvalue weighted by Crippen LogP contribution is 2.48. The Bertz CT molecular complexity index is 1410. The topological polar surface area (TPSA) is 141 Å². The number of ether oxygens (including phenoxy) is 4. The van der Waals surface area contributed by atoms with Gasteiger partial charge in [-0.15, -0.1) is 0 Å². The molecule has 2 saturated heterocycles. The van der Waals surface area contributed by atoms with Crippen molar-refractivity contribution in [3.05, 3.63) is 17.5 Å². The van der Waals surface area contributed by atoms with Gasteiger partial charge in [0.2, 0.25) is 18.9 Å². The van der Waals surface area contributed by atoms with E-state index in [0.717, 1.165) is 29.9 Å². The first-order valence-corrected chi connectivity index (χ1v) is 18.0. The SMILES string of the molecule is CC(C)(C)C(=O)OCOP(=O)(COC[C@@H]1CC[C@H](n2ccc3c(N4CC5CCCC5C4)nc(Cl)nc32)O1)OCOC(=O)C(C)(C)C. The molecule has 1 aliphatic carbocycles. The minimum atomic E-state index is -3.99. The van der Waals surface area contributed by atoms with Gasteiger partial charge in [-0.25, -0.2) is 0 Å². The summed E-state index contributed by atoms with van der Waals surface area (Å²) in [5.41, 5.74) is -0.833. The Kier molecular flexibility index (Phi) is 10.7. The zero-order valence-corrected chi connectivity index (χ0v) is 29.2. The van der Waals surface area contributed by atoms with Gasteiger partial charge in [0.1, 0.15) is 24.0 Å². The first kappa shape index (κ1) is 35.0. The molecule has 0 aromatic carbocycles. The van der Waals surface area contributed by atoms with Gasteiger partial charge in [0, 0.05) is 19.3 Å². The molecule has 2 aromatic heterocycles. The Hall–Kier alpha value is -2.28. The Balaban J connectivity index is 1.17. The van der Waals surface area contributed by atoms with E-state index in [2.05, 4.69) is 14.9 Å². The average Bonchev–Trinajstić information content (AvgIpc) is 3.75. The van der Waals surface area contributed by atoms with Gasteiger partial charge in [0.25, 0.3) is 0 Å². The summed E-state index contributed by atoms with van der Waals surface area (Å²) >= 11 is 6.42. The zero-order valence-electron chi connectivity index (χ0n) is 27.5. The van der Waals surface area contributed by atoms with Crippen LogP contribution in [0.4, 0.5) is 5.82 Å². The summed E-state index contributed by atoms with van der Waals surface area (Å²) in [5.74, 6) is 1.23. The molecule has 3 aliphatic rings. The highest BCUT2D eigenvalue weighted by atomic mass is 35.5. The van der Waals surface area contributed by atoms with Crippen molar-refractivity contribution in [3.63, 3.8) is 0 Å². The number of hydrogen-bond acceptors (Lipinski definition) is 12. The summed E-state index contributed by atoms with van der Waals surface area (Å²) in [6, 6.07) is 2.02. The predicted octanol–water partition coefficient (Wildman–Crippen LogP) is 6.29. The monoisotopic (exact) mass is 684 g/mol. The van der Waals surface area contributed by atoms with Gasteiger partial charge >= 0.3 is 19.5 Å². The zero-order chi connectivity index (χ0) is 33.3. The van der Waals surface area contributed by atoms with Gasteiger partial charge in [-0.3, -0.25) is 23.2 Å². The Morgan fingerprint density at radius 2 is 1.57 bits per heavy atom. The molecule has 46 heavy (non-hydrogen) atoms. The number of esters is 2. The lowest BCUT2D eigenvalue weighted by Crippen LogP contribution is -2.25. The second-order valence-corrected chi connectivity index (χ2v) is 16.7. The van der Waals surface area contributed by atoms with Crippen LogP contribution < -0.4 is 4.90 Å². The highest BCUT2D eigenvalue weighted by molar-refractivity contribution is 7.53. The Morgan fingerprint density at radius 3 is 2.15 bits per heavy atom. The van der Waals surface area contributed by atoms with Gasteiger partial charge in [0.15, 0.2) is 0 Å². The molecule has 13 nitrogen and oxygen atoms in total. The summed E-state index contributed by atoms with van der Waals surface area (Å²) in [5, 5.41) is 1.15. The minimum absolute atomic E-state index is 0.105. The largest absolute Gasteiger partial charge is 0.438 e. The van der Waals surface area contributed by atoms with E-state index >= 15 is 0 Å². The molecule has 4 atom stereocenters. The van der Waals surface area contributed by atoms with E-state index in [1.165, 1.54) is 19.3 Å². The van der Waals surface area contributed by atoms with Crippen molar-refractivity contribution in [3.8, 4) is 0 Å². The van der Waals surface area contributed by atoms with Crippen LogP contribution in [0, 0.1) is 22.7 Å². The molecule has 0 radical (unpaired) electrons. The van der Waals surface area contributed by atoms with E-state index < -0.39 is 50.3 Å². The maximum Gasteiger partial charge on any atom is 0.361 e. The van der Waals surface area contributed by atoms with Gasteiger partial charge in [0.05, 0.1) is 28.9 Å². The first-order chi connectivity index (χ1) is 21.6. The van der Waals surface area contributed by atoms with Crippen LogP contribution in [0.25, 0.3) is 11.0 Å². The number of fused-ring (bicyclic) bond motifs is 2. The van der Waals surface area contributed by atoms with Crippen molar-refractivity contribution in [2.75, 3.05) is 44.5 Å². The number of anilines is 1. The molecule has 4 heterocycles. The molecular formula is C31H46ClN4O9P. The number of halogens is 1. The Morgan fingerprint density at radius 1 is 0.957 bits per heavy atom. The molecule has 0 N–H and O–H groups in total. The third-order valence-corrected chi connectivity index (χ3v) is 10.3. The lowest BCUT2D eigenvalue weighted by atomic mass is 9.98. The van der Waals surface area contributed by atoms with Crippen LogP contribution in [0.1, 0.15) is 79.9 Å². The highest BCUT2D eigenvalue weighted by Gasteiger charge is 2.38. The van der Waals surface area contributed by atoms with Crippen molar-refractivity contribution in [1.82, 2.24) is 14.5 Å². The smallest absolute Gasteiger partial charge is 0.361 e. The number of rotatable bonds is 12. The average molecular weight is 685 g/mol. The number of aromatic nitrogens is 3. The van der Waals surface area contributed by atoms with Gasteiger partial charge < -0.3 is 28.4 Å². The minimum Gasteiger partial charge on any atom is -0.438 e. The molecule has 2 aromatic rings. The van der Waals surface area contributed by atoms with E-state index in [0.29, 0.717) is 24.7 Å². The van der Waals surface area contributed by atoms with Gasteiger partial charge in [-0.05, 0) is 96.7 Å². The Labute approximate surface area is 275 Å². The molecule has 2 aliphatic heterocycles. The van der Waals surface area contributed by atoms with Crippen molar-refractivity contribution >= 4 is 48.0 Å². The van der Waals surface area contributed by atoms with Crippen LogP contribution in [0.3, 0.4) is 0 Å². The van der Waals surface area contributed by atoms with E-state index in [1.807, 2.05) is 16.8 Å². The van der Waals surface area contributed by atoms with Crippen molar-refractivity contribution in [1.29, 1.82) is 0 Å². The van der Waals surface area contributed by atoms with Crippen LogP contribution in [0.2, 0.25) is 5.28 Å². The predicted molar refractivity (Wildman–Crippen MR) is 170 cm³/mol. The molecular weight excluding hydrogens is 639 g/mol. The summed E-state index contributed by atoms with van der Waals surface area (Å²) in [4.78, 5) is 35.8. The molecule has 0 bridgehead atoms. The second-order valence-electron chi connectivity index (χ2n) is 14.4. The van der Waals surface area contributed by atoms with Crippen molar-refractivity contribution in [2.24, 2.45) is 22.7 Å². The van der Waals surface area contributed by atoms with E-state index in [1.54, 1.807) is 41.5 Å². The maximum absolute atomic E-state index is 13.5. The molecule has 256 valence electrons. The van der Waals surface area contributed by atoms with Gasteiger partial charge in [-0.2, -0.15) is 9.97 Å². The van der Waals surface area contributed by atoms with E-state index in [-0.39, 0.29) is 24.2 Å². The number of hydrogen-bond donors (Lipinski definition) is 0. The van der Waals surface area contributed by atoms with Crippen molar-refractivity contribution in [2.45, 2.75) is 86.0 Å². The third kappa shape index (κ3) is 8.41. The third-order valence-electron chi connectivity index (χ3n) is 8.60. The molecule has 0 amide bonds.